The molecule has 0 aromatic heterocycles. The normalized spacial score (nSPS) is 23.3. The van der Waals surface area contributed by atoms with Crippen molar-refractivity contribution in [2.45, 2.75) is 46.5 Å². The summed E-state index contributed by atoms with van der Waals surface area (Å²) in [5.74, 6) is 0.491. The summed E-state index contributed by atoms with van der Waals surface area (Å²) in [6, 6.07) is 0. The molecule has 1 aliphatic carbocycles. The maximum absolute atomic E-state index is 12.0. The van der Waals surface area contributed by atoms with Crippen LogP contribution in [0.5, 0.6) is 0 Å². The van der Waals surface area contributed by atoms with E-state index in [1.807, 2.05) is 0 Å². The third kappa shape index (κ3) is 3.78. The molecule has 3 heteroatoms. The Bertz CT molecular complexity index is 226. The largest absolute Gasteiger partial charge is 0.356 e. The Balaban J connectivity index is 2.20. The van der Waals surface area contributed by atoms with Crippen molar-refractivity contribution in [1.82, 2.24) is 10.6 Å². The van der Waals surface area contributed by atoms with Gasteiger partial charge in [0.05, 0.1) is 0 Å². The number of hydrogen-bond acceptors (Lipinski definition) is 2. The summed E-state index contributed by atoms with van der Waals surface area (Å²) in [6.07, 6.45) is 4.46. The summed E-state index contributed by atoms with van der Waals surface area (Å²) in [5.41, 5.74) is 0.200. The van der Waals surface area contributed by atoms with Crippen LogP contribution in [-0.2, 0) is 4.79 Å². The highest BCUT2D eigenvalue weighted by Gasteiger charge is 2.38. The van der Waals surface area contributed by atoms with E-state index in [-0.39, 0.29) is 17.2 Å². The number of carbonyl (C=O) groups is 1. The third-order valence-corrected chi connectivity index (χ3v) is 3.65. The zero-order valence-electron chi connectivity index (χ0n) is 10.9. The van der Waals surface area contributed by atoms with E-state index >= 15 is 0 Å². The van der Waals surface area contributed by atoms with E-state index in [0.717, 1.165) is 32.5 Å². The number of nitrogens with one attached hydrogen (secondary N) is 2. The van der Waals surface area contributed by atoms with E-state index in [9.17, 15) is 4.79 Å². The molecule has 1 aliphatic rings. The molecule has 0 bridgehead atoms. The molecule has 1 atom stereocenters. The first-order valence-corrected chi connectivity index (χ1v) is 6.56. The third-order valence-electron chi connectivity index (χ3n) is 3.65. The molecule has 1 saturated carbocycles. The molecule has 16 heavy (non-hydrogen) atoms. The summed E-state index contributed by atoms with van der Waals surface area (Å²) in [4.78, 5) is 12.0. The lowest BCUT2D eigenvalue weighted by Crippen LogP contribution is -2.37. The van der Waals surface area contributed by atoms with Crippen molar-refractivity contribution in [2.24, 2.45) is 11.3 Å². The predicted molar refractivity (Wildman–Crippen MR) is 67.3 cm³/mol. The Hall–Kier alpha value is -0.570. The van der Waals surface area contributed by atoms with Crippen LogP contribution < -0.4 is 10.6 Å². The molecule has 0 aliphatic heterocycles. The molecule has 0 radical (unpaired) electrons. The van der Waals surface area contributed by atoms with Gasteiger partial charge in [-0.2, -0.15) is 0 Å². The zero-order valence-corrected chi connectivity index (χ0v) is 10.9. The van der Waals surface area contributed by atoms with E-state index in [4.69, 9.17) is 0 Å². The SMILES string of the molecule is CCNCCCNC(=O)C1CCCC1(C)C. The Morgan fingerprint density at radius 1 is 1.38 bits per heavy atom. The van der Waals surface area contributed by atoms with Crippen LogP contribution in [0.15, 0.2) is 0 Å². The monoisotopic (exact) mass is 226 g/mol. The molecule has 1 unspecified atom stereocenters. The molecule has 1 amide bonds. The lowest BCUT2D eigenvalue weighted by Gasteiger charge is -2.25. The van der Waals surface area contributed by atoms with Crippen molar-refractivity contribution >= 4 is 5.91 Å². The average molecular weight is 226 g/mol. The first kappa shape index (κ1) is 13.5. The minimum atomic E-state index is 0.200. The number of rotatable bonds is 6. The quantitative estimate of drug-likeness (QED) is 0.679. The number of carbonyl (C=O) groups excluding carboxylic acids is 1. The highest BCUT2D eigenvalue weighted by atomic mass is 16.1. The molecule has 1 fully saturated rings. The van der Waals surface area contributed by atoms with Gasteiger partial charge in [0.2, 0.25) is 5.91 Å². The maximum atomic E-state index is 12.0. The van der Waals surface area contributed by atoms with Crippen LogP contribution in [0.3, 0.4) is 0 Å². The standard InChI is InChI=1S/C13H26N2O/c1-4-14-9-6-10-15-12(16)11-7-5-8-13(11,2)3/h11,14H,4-10H2,1-3H3,(H,15,16). The van der Waals surface area contributed by atoms with Crippen molar-refractivity contribution in [2.75, 3.05) is 19.6 Å². The van der Waals surface area contributed by atoms with Crippen LogP contribution in [0.2, 0.25) is 0 Å². The van der Waals surface area contributed by atoms with Gasteiger partial charge >= 0.3 is 0 Å². The van der Waals surface area contributed by atoms with Gasteiger partial charge in [-0.3, -0.25) is 4.79 Å². The molecule has 0 heterocycles. The lowest BCUT2D eigenvalue weighted by molar-refractivity contribution is -0.127. The van der Waals surface area contributed by atoms with Gasteiger partial charge in [-0.05, 0) is 37.8 Å². The van der Waals surface area contributed by atoms with Crippen molar-refractivity contribution in [3.63, 3.8) is 0 Å². The molecular weight excluding hydrogens is 200 g/mol. The molecule has 94 valence electrons. The van der Waals surface area contributed by atoms with Crippen LogP contribution in [0, 0.1) is 11.3 Å². The summed E-state index contributed by atoms with van der Waals surface area (Å²) >= 11 is 0. The van der Waals surface area contributed by atoms with Crippen LogP contribution >= 0.6 is 0 Å². The number of hydrogen-bond donors (Lipinski definition) is 2. The average Bonchev–Trinajstić information content (AvgIpc) is 2.57. The molecule has 1 rings (SSSR count). The zero-order chi connectivity index (χ0) is 12.0. The second-order valence-electron chi connectivity index (χ2n) is 5.43. The van der Waals surface area contributed by atoms with Gasteiger partial charge in [0.1, 0.15) is 0 Å². The molecule has 3 nitrogen and oxygen atoms in total. The fourth-order valence-corrected chi connectivity index (χ4v) is 2.54. The Morgan fingerprint density at radius 3 is 2.69 bits per heavy atom. The van der Waals surface area contributed by atoms with Crippen LogP contribution in [0.25, 0.3) is 0 Å². The first-order valence-electron chi connectivity index (χ1n) is 6.56. The van der Waals surface area contributed by atoms with Gasteiger partial charge < -0.3 is 10.6 Å². The van der Waals surface area contributed by atoms with Gasteiger partial charge in [0.15, 0.2) is 0 Å². The topological polar surface area (TPSA) is 41.1 Å². The van der Waals surface area contributed by atoms with E-state index in [0.29, 0.717) is 0 Å². The highest BCUT2D eigenvalue weighted by molar-refractivity contribution is 5.79. The molecule has 0 aromatic carbocycles. The lowest BCUT2D eigenvalue weighted by atomic mass is 9.81. The molecule has 2 N–H and O–H groups in total. The second kappa shape index (κ2) is 6.24. The van der Waals surface area contributed by atoms with Crippen molar-refractivity contribution in [1.29, 1.82) is 0 Å². The summed E-state index contributed by atoms with van der Waals surface area (Å²) in [5, 5.41) is 6.32. The summed E-state index contributed by atoms with van der Waals surface area (Å²) in [6.45, 7) is 9.32. The van der Waals surface area contributed by atoms with E-state index in [2.05, 4.69) is 31.4 Å². The minimum absolute atomic E-state index is 0.200. The fourth-order valence-electron chi connectivity index (χ4n) is 2.54. The van der Waals surface area contributed by atoms with Crippen molar-refractivity contribution < 1.29 is 4.79 Å². The second-order valence-corrected chi connectivity index (χ2v) is 5.43. The van der Waals surface area contributed by atoms with Gasteiger partial charge in [0, 0.05) is 12.5 Å². The molecule has 0 aromatic rings. The predicted octanol–water partition coefficient (Wildman–Crippen LogP) is 1.93. The Morgan fingerprint density at radius 2 is 2.12 bits per heavy atom. The first-order chi connectivity index (χ1) is 7.58. The Labute approximate surface area is 99.4 Å². The van der Waals surface area contributed by atoms with Gasteiger partial charge in [0.25, 0.3) is 0 Å². The number of amides is 1. The van der Waals surface area contributed by atoms with E-state index in [1.54, 1.807) is 0 Å². The smallest absolute Gasteiger partial charge is 0.223 e. The van der Waals surface area contributed by atoms with E-state index in [1.165, 1.54) is 12.8 Å². The summed E-state index contributed by atoms with van der Waals surface area (Å²) < 4.78 is 0. The molecular formula is C13H26N2O. The van der Waals surface area contributed by atoms with Gasteiger partial charge in [-0.15, -0.1) is 0 Å². The van der Waals surface area contributed by atoms with Crippen LogP contribution in [0.4, 0.5) is 0 Å². The molecule has 0 spiro atoms. The fraction of sp³-hybridized carbons (Fsp3) is 0.923. The molecule has 0 saturated heterocycles. The van der Waals surface area contributed by atoms with Gasteiger partial charge in [-0.1, -0.05) is 27.2 Å². The van der Waals surface area contributed by atoms with Crippen molar-refractivity contribution in [3.8, 4) is 0 Å². The highest BCUT2D eigenvalue weighted by Crippen LogP contribution is 2.42. The Kier molecular flexibility index (Phi) is 5.26. The summed E-state index contributed by atoms with van der Waals surface area (Å²) in [7, 11) is 0. The van der Waals surface area contributed by atoms with Crippen LogP contribution in [0.1, 0.15) is 46.5 Å². The minimum Gasteiger partial charge on any atom is -0.356 e. The van der Waals surface area contributed by atoms with E-state index < -0.39 is 0 Å². The maximum Gasteiger partial charge on any atom is 0.223 e. The van der Waals surface area contributed by atoms with Gasteiger partial charge in [-0.25, -0.2) is 0 Å². The van der Waals surface area contributed by atoms with Crippen molar-refractivity contribution in [3.05, 3.63) is 0 Å². The van der Waals surface area contributed by atoms with Crippen LogP contribution in [-0.4, -0.2) is 25.5 Å².